The van der Waals surface area contributed by atoms with Crippen molar-refractivity contribution < 1.29 is 4.79 Å². The van der Waals surface area contributed by atoms with Crippen molar-refractivity contribution in [2.45, 2.75) is 64.3 Å². The Morgan fingerprint density at radius 1 is 1.22 bits per heavy atom. The maximum absolute atomic E-state index is 12.3. The molecule has 2 rings (SSSR count). The van der Waals surface area contributed by atoms with Crippen LogP contribution in [-0.4, -0.2) is 11.4 Å². The lowest BCUT2D eigenvalue weighted by Crippen LogP contribution is -2.51. The molecule has 1 amide bonds. The number of carbonyl (C=O) groups is 1. The molecule has 0 bridgehead atoms. The second-order valence-corrected chi connectivity index (χ2v) is 6.38. The number of nitrogens with one attached hydrogen (secondary N) is 1. The van der Waals surface area contributed by atoms with Gasteiger partial charge in [0.25, 0.3) is 0 Å². The Morgan fingerprint density at radius 3 is 2.39 bits per heavy atom. The average molecular weight is 248 g/mol. The second kappa shape index (κ2) is 5.30. The van der Waals surface area contributed by atoms with Crippen molar-refractivity contribution in [1.82, 2.24) is 5.32 Å². The predicted molar refractivity (Wildman–Crippen MR) is 70.6 cm³/mol. The molecule has 2 aliphatic rings. The Balaban J connectivity index is 1.98. The predicted octanol–water partition coefficient (Wildman–Crippen LogP) is 3.01. The fourth-order valence-electron chi connectivity index (χ4n) is 3.38. The van der Waals surface area contributed by atoms with Crippen LogP contribution in [0.1, 0.15) is 58.8 Å². The van der Waals surface area contributed by atoms with Gasteiger partial charge in [-0.1, -0.05) is 20.3 Å². The van der Waals surface area contributed by atoms with E-state index in [1.54, 1.807) is 0 Å². The Morgan fingerprint density at radius 2 is 1.89 bits per heavy atom. The molecule has 2 aliphatic carbocycles. The van der Waals surface area contributed by atoms with Crippen LogP contribution in [0.2, 0.25) is 0 Å². The molecule has 1 N–H and O–H groups in total. The largest absolute Gasteiger partial charge is 0.338 e. The Bertz CT molecular complexity index is 350. The zero-order valence-electron chi connectivity index (χ0n) is 11.5. The highest BCUT2D eigenvalue weighted by Gasteiger charge is 2.39. The summed E-state index contributed by atoms with van der Waals surface area (Å²) in [5, 5.41) is 12.5. The molecule has 3 heteroatoms. The minimum Gasteiger partial charge on any atom is -0.338 e. The highest BCUT2D eigenvalue weighted by Crippen LogP contribution is 2.35. The summed E-state index contributed by atoms with van der Waals surface area (Å²) in [4.78, 5) is 12.3. The highest BCUT2D eigenvalue weighted by molar-refractivity contribution is 5.80. The molecule has 18 heavy (non-hydrogen) atoms. The fourth-order valence-corrected chi connectivity index (χ4v) is 3.38. The van der Waals surface area contributed by atoms with Crippen LogP contribution in [0.15, 0.2) is 0 Å². The van der Waals surface area contributed by atoms with Crippen LogP contribution in [0.5, 0.6) is 0 Å². The zero-order chi connectivity index (χ0) is 13.2. The molecule has 100 valence electrons. The first-order valence-corrected chi connectivity index (χ1v) is 7.29. The van der Waals surface area contributed by atoms with Crippen LogP contribution in [0, 0.1) is 29.1 Å². The third kappa shape index (κ3) is 2.68. The van der Waals surface area contributed by atoms with Crippen molar-refractivity contribution in [2.24, 2.45) is 17.8 Å². The van der Waals surface area contributed by atoms with E-state index in [-0.39, 0.29) is 11.8 Å². The fraction of sp³-hybridized carbons (Fsp3) is 0.867. The molecule has 2 saturated carbocycles. The van der Waals surface area contributed by atoms with Crippen LogP contribution in [0.4, 0.5) is 0 Å². The van der Waals surface area contributed by atoms with Crippen molar-refractivity contribution in [3.63, 3.8) is 0 Å². The van der Waals surface area contributed by atoms with Crippen LogP contribution >= 0.6 is 0 Å². The normalized spacial score (nSPS) is 40.2. The summed E-state index contributed by atoms with van der Waals surface area (Å²) in [5.74, 6) is 1.42. The van der Waals surface area contributed by atoms with E-state index in [1.165, 1.54) is 0 Å². The van der Waals surface area contributed by atoms with Gasteiger partial charge in [0.15, 0.2) is 0 Å². The molecule has 0 saturated heterocycles. The molecule has 0 spiro atoms. The third-order valence-electron chi connectivity index (χ3n) is 4.90. The second-order valence-electron chi connectivity index (χ2n) is 6.38. The van der Waals surface area contributed by atoms with Crippen LogP contribution in [-0.2, 0) is 4.79 Å². The number of nitriles is 1. The van der Waals surface area contributed by atoms with Crippen molar-refractivity contribution in [2.75, 3.05) is 0 Å². The van der Waals surface area contributed by atoms with Crippen molar-refractivity contribution in [3.8, 4) is 6.07 Å². The minimum atomic E-state index is -0.577. The van der Waals surface area contributed by atoms with Gasteiger partial charge < -0.3 is 5.32 Å². The van der Waals surface area contributed by atoms with E-state index >= 15 is 0 Å². The molecule has 2 unspecified atom stereocenters. The standard InChI is InChI=1S/C15H24N2O/c1-11-6-8-15(10-16,9-7-11)17-14(18)13-5-3-4-12(13)2/h11-13H,3-9H2,1-2H3,(H,17,18). The third-order valence-corrected chi connectivity index (χ3v) is 4.90. The van der Waals surface area contributed by atoms with Crippen LogP contribution in [0.25, 0.3) is 0 Å². The maximum Gasteiger partial charge on any atom is 0.224 e. The number of amides is 1. The van der Waals surface area contributed by atoms with E-state index in [0.717, 1.165) is 44.9 Å². The van der Waals surface area contributed by atoms with Gasteiger partial charge in [0.05, 0.1) is 6.07 Å². The molecular formula is C15H24N2O. The van der Waals surface area contributed by atoms with Gasteiger partial charge in [-0.2, -0.15) is 5.26 Å². The number of nitrogens with zero attached hydrogens (tertiary/aromatic N) is 1. The Kier molecular flexibility index (Phi) is 3.94. The van der Waals surface area contributed by atoms with Crippen molar-refractivity contribution >= 4 is 5.91 Å². The summed E-state index contributed by atoms with van der Waals surface area (Å²) in [7, 11) is 0. The van der Waals surface area contributed by atoms with Crippen LogP contribution < -0.4 is 5.32 Å². The van der Waals surface area contributed by atoms with Gasteiger partial charge in [-0.25, -0.2) is 0 Å². The first kappa shape index (κ1) is 13.4. The molecule has 0 aliphatic heterocycles. The SMILES string of the molecule is CC1CCC(C#N)(NC(=O)C2CCCC2C)CC1. The highest BCUT2D eigenvalue weighted by atomic mass is 16.2. The van der Waals surface area contributed by atoms with Gasteiger partial charge in [0.1, 0.15) is 5.54 Å². The summed E-state index contributed by atoms with van der Waals surface area (Å²) in [6.07, 6.45) is 7.02. The molecular weight excluding hydrogens is 224 g/mol. The monoisotopic (exact) mass is 248 g/mol. The Hall–Kier alpha value is -1.04. The average Bonchev–Trinajstić information content (AvgIpc) is 2.79. The van der Waals surface area contributed by atoms with Gasteiger partial charge in [-0.15, -0.1) is 0 Å². The number of hydrogen-bond donors (Lipinski definition) is 1. The first-order valence-electron chi connectivity index (χ1n) is 7.29. The quantitative estimate of drug-likeness (QED) is 0.816. The van der Waals surface area contributed by atoms with E-state index < -0.39 is 5.54 Å². The zero-order valence-corrected chi connectivity index (χ0v) is 11.5. The molecule has 3 nitrogen and oxygen atoms in total. The lowest BCUT2D eigenvalue weighted by atomic mass is 9.77. The Labute approximate surface area is 110 Å². The molecule has 2 fully saturated rings. The van der Waals surface area contributed by atoms with Crippen molar-refractivity contribution in [1.29, 1.82) is 5.26 Å². The first-order chi connectivity index (χ1) is 8.56. The molecule has 0 radical (unpaired) electrons. The molecule has 0 aromatic rings. The summed E-state index contributed by atoms with van der Waals surface area (Å²) < 4.78 is 0. The van der Waals surface area contributed by atoms with Crippen LogP contribution in [0.3, 0.4) is 0 Å². The molecule has 2 atom stereocenters. The maximum atomic E-state index is 12.3. The molecule has 0 aromatic carbocycles. The summed E-state index contributed by atoms with van der Waals surface area (Å²) in [6, 6.07) is 2.38. The smallest absolute Gasteiger partial charge is 0.224 e. The van der Waals surface area contributed by atoms with E-state index in [2.05, 4.69) is 25.2 Å². The van der Waals surface area contributed by atoms with Gasteiger partial charge in [-0.3, -0.25) is 4.79 Å². The van der Waals surface area contributed by atoms with E-state index in [9.17, 15) is 10.1 Å². The summed E-state index contributed by atoms with van der Waals surface area (Å²) in [6.45, 7) is 4.38. The molecule has 0 aromatic heterocycles. The van der Waals surface area contributed by atoms with E-state index in [4.69, 9.17) is 0 Å². The van der Waals surface area contributed by atoms with E-state index in [1.807, 2.05) is 0 Å². The summed E-state index contributed by atoms with van der Waals surface area (Å²) >= 11 is 0. The van der Waals surface area contributed by atoms with E-state index in [0.29, 0.717) is 11.8 Å². The van der Waals surface area contributed by atoms with Gasteiger partial charge in [0, 0.05) is 5.92 Å². The minimum absolute atomic E-state index is 0.121. The lowest BCUT2D eigenvalue weighted by Gasteiger charge is -2.35. The molecule has 0 heterocycles. The topological polar surface area (TPSA) is 52.9 Å². The lowest BCUT2D eigenvalue weighted by molar-refractivity contribution is -0.127. The van der Waals surface area contributed by atoms with Crippen molar-refractivity contribution in [3.05, 3.63) is 0 Å². The number of hydrogen-bond acceptors (Lipinski definition) is 2. The number of rotatable bonds is 2. The van der Waals surface area contributed by atoms with Gasteiger partial charge in [0.2, 0.25) is 5.91 Å². The number of carbonyl (C=O) groups excluding carboxylic acids is 1. The summed E-state index contributed by atoms with van der Waals surface area (Å²) in [5.41, 5.74) is -0.577. The van der Waals surface area contributed by atoms with Gasteiger partial charge in [-0.05, 0) is 50.4 Å². The van der Waals surface area contributed by atoms with Gasteiger partial charge >= 0.3 is 0 Å².